The molecule has 2 N–H and O–H groups in total. The van der Waals surface area contributed by atoms with Crippen molar-refractivity contribution in [3.63, 3.8) is 0 Å². The molecule has 2 aliphatic rings. The van der Waals surface area contributed by atoms with Crippen LogP contribution in [0.3, 0.4) is 0 Å². The third-order valence-corrected chi connectivity index (χ3v) is 3.77. The summed E-state index contributed by atoms with van der Waals surface area (Å²) in [6.07, 6.45) is 1.92. The Morgan fingerprint density at radius 1 is 1.35 bits per heavy atom. The van der Waals surface area contributed by atoms with Crippen molar-refractivity contribution in [2.75, 3.05) is 19.8 Å². The monoisotopic (exact) mass is 276 g/mol. The van der Waals surface area contributed by atoms with Crippen LogP contribution in [0.2, 0.25) is 0 Å². The second-order valence-corrected chi connectivity index (χ2v) is 5.38. The maximum atomic E-state index is 12.4. The summed E-state index contributed by atoms with van der Waals surface area (Å²) >= 11 is 0. The van der Waals surface area contributed by atoms with Gasteiger partial charge in [0.1, 0.15) is 13.2 Å². The van der Waals surface area contributed by atoms with Crippen molar-refractivity contribution in [1.29, 1.82) is 0 Å². The smallest absolute Gasteiger partial charge is 0.255 e. The zero-order chi connectivity index (χ0) is 13.9. The van der Waals surface area contributed by atoms with Crippen molar-refractivity contribution < 1.29 is 14.3 Å². The Balaban J connectivity index is 1.74. The van der Waals surface area contributed by atoms with Gasteiger partial charge in [-0.1, -0.05) is 6.07 Å². The molecule has 108 valence electrons. The van der Waals surface area contributed by atoms with E-state index in [1.54, 1.807) is 6.07 Å². The van der Waals surface area contributed by atoms with Gasteiger partial charge in [-0.25, -0.2) is 0 Å². The highest BCUT2D eigenvalue weighted by Gasteiger charge is 2.24. The maximum absolute atomic E-state index is 12.4. The summed E-state index contributed by atoms with van der Waals surface area (Å²) in [6, 6.07) is 6.11. The summed E-state index contributed by atoms with van der Waals surface area (Å²) in [5.41, 5.74) is 0.563. The highest BCUT2D eigenvalue weighted by atomic mass is 16.6. The van der Waals surface area contributed by atoms with Crippen LogP contribution >= 0.6 is 0 Å². The molecular weight excluding hydrogens is 256 g/mol. The first-order valence-electron chi connectivity index (χ1n) is 7.17. The Hall–Kier alpha value is -1.75. The van der Waals surface area contributed by atoms with Gasteiger partial charge in [-0.05, 0) is 38.4 Å². The maximum Gasteiger partial charge on any atom is 0.255 e. The minimum Gasteiger partial charge on any atom is -0.486 e. The number of para-hydroxylation sites is 1. The van der Waals surface area contributed by atoms with Gasteiger partial charge in [0.25, 0.3) is 5.91 Å². The van der Waals surface area contributed by atoms with E-state index < -0.39 is 0 Å². The zero-order valence-electron chi connectivity index (χ0n) is 11.6. The van der Waals surface area contributed by atoms with Gasteiger partial charge in [0.2, 0.25) is 0 Å². The molecule has 0 aromatic heterocycles. The summed E-state index contributed by atoms with van der Waals surface area (Å²) in [5.74, 6) is 1.15. The zero-order valence-corrected chi connectivity index (χ0v) is 11.6. The molecule has 0 saturated carbocycles. The number of piperidine rings is 1. The fraction of sp³-hybridized carbons (Fsp3) is 0.533. The first-order chi connectivity index (χ1) is 9.74. The summed E-state index contributed by atoms with van der Waals surface area (Å²) in [7, 11) is 0. The molecule has 0 aliphatic carbocycles. The number of carbonyl (C=O) groups is 1. The molecule has 0 radical (unpaired) electrons. The van der Waals surface area contributed by atoms with E-state index in [4.69, 9.17) is 9.47 Å². The molecule has 3 rings (SSSR count). The molecule has 5 heteroatoms. The molecule has 2 atom stereocenters. The quantitative estimate of drug-likeness (QED) is 0.855. The SMILES string of the molecule is CC1CC(NC(=O)c2cccc3c2OCCO3)CCN1. The van der Waals surface area contributed by atoms with Gasteiger partial charge in [0.05, 0.1) is 5.56 Å². The highest BCUT2D eigenvalue weighted by Crippen LogP contribution is 2.33. The third-order valence-electron chi connectivity index (χ3n) is 3.77. The lowest BCUT2D eigenvalue weighted by Crippen LogP contribution is -2.46. The van der Waals surface area contributed by atoms with Crippen LogP contribution in [0, 0.1) is 0 Å². The Kier molecular flexibility index (Phi) is 3.78. The van der Waals surface area contributed by atoms with Gasteiger partial charge in [0.15, 0.2) is 11.5 Å². The van der Waals surface area contributed by atoms with Crippen molar-refractivity contribution in [1.82, 2.24) is 10.6 Å². The van der Waals surface area contributed by atoms with E-state index in [0.29, 0.717) is 36.3 Å². The molecule has 5 nitrogen and oxygen atoms in total. The Labute approximate surface area is 118 Å². The van der Waals surface area contributed by atoms with Gasteiger partial charge in [-0.2, -0.15) is 0 Å². The number of benzene rings is 1. The lowest BCUT2D eigenvalue weighted by molar-refractivity contribution is 0.0914. The number of fused-ring (bicyclic) bond motifs is 1. The average molecular weight is 276 g/mol. The van der Waals surface area contributed by atoms with Crippen molar-refractivity contribution in [3.8, 4) is 11.5 Å². The van der Waals surface area contributed by atoms with Crippen molar-refractivity contribution in [2.24, 2.45) is 0 Å². The number of hydrogen-bond donors (Lipinski definition) is 2. The number of ether oxygens (including phenoxy) is 2. The third kappa shape index (κ3) is 2.72. The molecule has 2 aliphatic heterocycles. The summed E-state index contributed by atoms with van der Waals surface area (Å²) in [6.45, 7) is 4.10. The molecule has 2 unspecified atom stereocenters. The Morgan fingerprint density at radius 3 is 3.05 bits per heavy atom. The summed E-state index contributed by atoms with van der Waals surface area (Å²) < 4.78 is 11.1. The molecule has 20 heavy (non-hydrogen) atoms. The first-order valence-corrected chi connectivity index (χ1v) is 7.17. The normalized spacial score (nSPS) is 25.1. The second kappa shape index (κ2) is 5.71. The van der Waals surface area contributed by atoms with E-state index in [2.05, 4.69) is 17.6 Å². The van der Waals surface area contributed by atoms with Gasteiger partial charge in [-0.3, -0.25) is 4.79 Å². The van der Waals surface area contributed by atoms with Crippen LogP contribution in [-0.2, 0) is 0 Å². The van der Waals surface area contributed by atoms with Crippen LogP contribution in [0.1, 0.15) is 30.1 Å². The Morgan fingerprint density at radius 2 is 2.20 bits per heavy atom. The lowest BCUT2D eigenvalue weighted by Gasteiger charge is -2.29. The van der Waals surface area contributed by atoms with Gasteiger partial charge < -0.3 is 20.1 Å². The highest BCUT2D eigenvalue weighted by molar-refractivity contribution is 5.98. The van der Waals surface area contributed by atoms with E-state index >= 15 is 0 Å². The Bertz CT molecular complexity index is 504. The predicted octanol–water partition coefficient (Wildman–Crippen LogP) is 1.33. The van der Waals surface area contributed by atoms with E-state index in [9.17, 15) is 4.79 Å². The topological polar surface area (TPSA) is 59.6 Å². The standard InChI is InChI=1S/C15H20N2O3/c1-10-9-11(5-6-16-10)17-15(18)12-3-2-4-13-14(12)20-8-7-19-13/h2-4,10-11,16H,5-9H2,1H3,(H,17,18). The summed E-state index contributed by atoms with van der Waals surface area (Å²) in [4.78, 5) is 12.4. The van der Waals surface area contributed by atoms with Crippen molar-refractivity contribution in [3.05, 3.63) is 23.8 Å². The van der Waals surface area contributed by atoms with Gasteiger partial charge in [0, 0.05) is 12.1 Å². The minimum atomic E-state index is -0.0774. The molecule has 1 saturated heterocycles. The van der Waals surface area contributed by atoms with E-state index in [1.807, 2.05) is 12.1 Å². The van der Waals surface area contributed by atoms with Crippen molar-refractivity contribution >= 4 is 5.91 Å². The van der Waals surface area contributed by atoms with E-state index in [1.165, 1.54) is 0 Å². The largest absolute Gasteiger partial charge is 0.486 e. The van der Waals surface area contributed by atoms with Crippen LogP contribution in [0.25, 0.3) is 0 Å². The number of hydrogen-bond acceptors (Lipinski definition) is 4. The van der Waals surface area contributed by atoms with Crippen LogP contribution < -0.4 is 20.1 Å². The molecule has 1 amide bonds. The van der Waals surface area contributed by atoms with Crippen LogP contribution in [0.15, 0.2) is 18.2 Å². The first kappa shape index (κ1) is 13.2. The fourth-order valence-electron chi connectivity index (χ4n) is 2.78. The van der Waals surface area contributed by atoms with Gasteiger partial charge >= 0.3 is 0 Å². The van der Waals surface area contributed by atoms with Crippen molar-refractivity contribution in [2.45, 2.75) is 31.8 Å². The molecular formula is C15H20N2O3. The van der Waals surface area contributed by atoms with Gasteiger partial charge in [-0.15, -0.1) is 0 Å². The van der Waals surface area contributed by atoms with Crippen LogP contribution in [0.5, 0.6) is 11.5 Å². The predicted molar refractivity (Wildman–Crippen MR) is 75.4 cm³/mol. The number of nitrogens with one attached hydrogen (secondary N) is 2. The average Bonchev–Trinajstić information content (AvgIpc) is 2.46. The summed E-state index contributed by atoms with van der Waals surface area (Å²) in [5, 5.41) is 6.48. The molecule has 1 aromatic rings. The molecule has 1 fully saturated rings. The second-order valence-electron chi connectivity index (χ2n) is 5.38. The van der Waals surface area contributed by atoms with E-state index in [0.717, 1.165) is 19.4 Å². The number of amides is 1. The molecule has 2 heterocycles. The minimum absolute atomic E-state index is 0.0774. The molecule has 0 spiro atoms. The number of rotatable bonds is 2. The van der Waals surface area contributed by atoms with Crippen LogP contribution in [-0.4, -0.2) is 37.7 Å². The lowest BCUT2D eigenvalue weighted by atomic mass is 10.00. The number of carbonyl (C=O) groups excluding carboxylic acids is 1. The fourth-order valence-corrected chi connectivity index (χ4v) is 2.78. The van der Waals surface area contributed by atoms with Crippen LogP contribution in [0.4, 0.5) is 0 Å². The molecule has 1 aromatic carbocycles. The molecule has 0 bridgehead atoms. The van der Waals surface area contributed by atoms with E-state index in [-0.39, 0.29) is 11.9 Å².